The van der Waals surface area contributed by atoms with E-state index in [4.69, 9.17) is 0 Å². The van der Waals surface area contributed by atoms with E-state index in [9.17, 15) is 8.42 Å². The maximum Gasteiger partial charge on any atom is 0.151 e. The van der Waals surface area contributed by atoms with E-state index in [0.29, 0.717) is 11.8 Å². The van der Waals surface area contributed by atoms with Crippen LogP contribution in [-0.2, 0) is 9.84 Å². The molecule has 0 aromatic rings. The molecule has 0 aromatic heterocycles. The first-order valence-corrected chi connectivity index (χ1v) is 8.78. The minimum absolute atomic E-state index is 0.0388. The van der Waals surface area contributed by atoms with Gasteiger partial charge in [-0.05, 0) is 38.5 Å². The average molecular weight is 273 g/mol. The summed E-state index contributed by atoms with van der Waals surface area (Å²) in [7, 11) is -2.88. The highest BCUT2D eigenvalue weighted by molar-refractivity contribution is 7.91. The van der Waals surface area contributed by atoms with Gasteiger partial charge in [0.1, 0.15) is 0 Å². The molecule has 4 heteroatoms. The van der Waals surface area contributed by atoms with Gasteiger partial charge in [-0.1, -0.05) is 25.5 Å². The summed E-state index contributed by atoms with van der Waals surface area (Å²) in [5.74, 6) is 1.73. The van der Waals surface area contributed by atoms with Crippen molar-refractivity contribution in [3.8, 4) is 0 Å². The SMILES string of the molecule is CCS(=O)(=O)C[C@H](C)NC[C@H]1C(C)=CCC[C@@H]1C. The number of nitrogens with one attached hydrogen (secondary N) is 1. The Balaban J connectivity index is 2.45. The average Bonchev–Trinajstić information content (AvgIpc) is 2.28. The quantitative estimate of drug-likeness (QED) is 0.756. The van der Waals surface area contributed by atoms with Gasteiger partial charge < -0.3 is 5.32 Å². The van der Waals surface area contributed by atoms with Crippen LogP contribution >= 0.6 is 0 Å². The lowest BCUT2D eigenvalue weighted by molar-refractivity contribution is 0.342. The number of rotatable bonds is 6. The summed E-state index contributed by atoms with van der Waals surface area (Å²) < 4.78 is 23.1. The largest absolute Gasteiger partial charge is 0.313 e. The van der Waals surface area contributed by atoms with Gasteiger partial charge in [-0.15, -0.1) is 0 Å². The van der Waals surface area contributed by atoms with Crippen LogP contribution in [0.1, 0.15) is 40.5 Å². The van der Waals surface area contributed by atoms with Crippen molar-refractivity contribution in [2.45, 2.75) is 46.6 Å². The Morgan fingerprint density at radius 1 is 1.50 bits per heavy atom. The molecule has 0 aromatic carbocycles. The van der Waals surface area contributed by atoms with Gasteiger partial charge >= 0.3 is 0 Å². The molecule has 3 atom stereocenters. The van der Waals surface area contributed by atoms with Gasteiger partial charge in [0.05, 0.1) is 5.75 Å². The fourth-order valence-electron chi connectivity index (χ4n) is 2.62. The molecule has 0 saturated carbocycles. The van der Waals surface area contributed by atoms with E-state index in [0.717, 1.165) is 6.54 Å². The summed E-state index contributed by atoms with van der Waals surface area (Å²) in [6, 6.07) is 0.0388. The lowest BCUT2D eigenvalue weighted by Gasteiger charge is -2.30. The second-order valence-corrected chi connectivity index (χ2v) is 8.02. The van der Waals surface area contributed by atoms with Crippen molar-refractivity contribution in [3.05, 3.63) is 11.6 Å². The van der Waals surface area contributed by atoms with Gasteiger partial charge in [-0.2, -0.15) is 0 Å². The van der Waals surface area contributed by atoms with Crippen molar-refractivity contribution in [1.82, 2.24) is 5.32 Å². The summed E-state index contributed by atoms with van der Waals surface area (Å²) in [6.07, 6.45) is 4.74. The Kier molecular flexibility index (Phi) is 5.86. The molecule has 1 N–H and O–H groups in total. The van der Waals surface area contributed by atoms with Crippen molar-refractivity contribution in [3.63, 3.8) is 0 Å². The zero-order valence-electron chi connectivity index (χ0n) is 12.1. The molecule has 106 valence electrons. The van der Waals surface area contributed by atoms with Crippen molar-refractivity contribution in [1.29, 1.82) is 0 Å². The zero-order chi connectivity index (χ0) is 13.8. The molecule has 1 aliphatic rings. The minimum atomic E-state index is -2.88. The highest BCUT2D eigenvalue weighted by atomic mass is 32.2. The topological polar surface area (TPSA) is 46.2 Å². The summed E-state index contributed by atoms with van der Waals surface area (Å²) in [5, 5.41) is 3.38. The van der Waals surface area contributed by atoms with Crippen LogP contribution < -0.4 is 5.32 Å². The standard InChI is InChI=1S/C14H27NO2S/c1-5-18(16,17)10-13(4)15-9-14-11(2)7-6-8-12(14)3/h7,12-15H,5-6,8-10H2,1-4H3/t12-,13-,14-/m0/s1. The van der Waals surface area contributed by atoms with Crippen molar-refractivity contribution < 1.29 is 8.42 Å². The molecule has 0 amide bonds. The van der Waals surface area contributed by atoms with Gasteiger partial charge in [0, 0.05) is 18.3 Å². The third-order valence-electron chi connectivity index (χ3n) is 3.99. The van der Waals surface area contributed by atoms with Gasteiger partial charge in [0.2, 0.25) is 0 Å². The van der Waals surface area contributed by atoms with Crippen LogP contribution in [0.25, 0.3) is 0 Å². The van der Waals surface area contributed by atoms with E-state index >= 15 is 0 Å². The Morgan fingerprint density at radius 2 is 2.17 bits per heavy atom. The normalized spacial score (nSPS) is 26.8. The molecule has 0 unspecified atom stereocenters. The van der Waals surface area contributed by atoms with Gasteiger partial charge in [-0.25, -0.2) is 8.42 Å². The highest BCUT2D eigenvalue weighted by Gasteiger charge is 2.23. The monoisotopic (exact) mass is 273 g/mol. The predicted octanol–water partition coefficient (Wildman–Crippen LogP) is 2.39. The van der Waals surface area contributed by atoms with E-state index in [1.165, 1.54) is 18.4 Å². The maximum atomic E-state index is 11.5. The van der Waals surface area contributed by atoms with Crippen LogP contribution in [0, 0.1) is 11.8 Å². The summed E-state index contributed by atoms with van der Waals surface area (Å²) in [4.78, 5) is 0. The number of allylic oxidation sites excluding steroid dienone is 1. The van der Waals surface area contributed by atoms with Crippen LogP contribution in [0.2, 0.25) is 0 Å². The number of hydrogen-bond acceptors (Lipinski definition) is 3. The second kappa shape index (κ2) is 6.71. The third-order valence-corrected chi connectivity index (χ3v) is 5.88. The van der Waals surface area contributed by atoms with Crippen LogP contribution in [0.5, 0.6) is 0 Å². The minimum Gasteiger partial charge on any atom is -0.313 e. The fraction of sp³-hybridized carbons (Fsp3) is 0.857. The molecule has 0 saturated heterocycles. The highest BCUT2D eigenvalue weighted by Crippen LogP contribution is 2.29. The van der Waals surface area contributed by atoms with Crippen molar-refractivity contribution >= 4 is 9.84 Å². The molecular weight excluding hydrogens is 246 g/mol. The maximum absolute atomic E-state index is 11.5. The van der Waals surface area contributed by atoms with Crippen LogP contribution in [0.4, 0.5) is 0 Å². The Hall–Kier alpha value is -0.350. The molecule has 0 aliphatic heterocycles. The first-order chi connectivity index (χ1) is 8.35. The molecule has 3 nitrogen and oxygen atoms in total. The molecule has 18 heavy (non-hydrogen) atoms. The second-order valence-electron chi connectivity index (χ2n) is 5.62. The number of hydrogen-bond donors (Lipinski definition) is 1. The molecule has 0 fully saturated rings. The van der Waals surface area contributed by atoms with Crippen molar-refractivity contribution in [2.24, 2.45) is 11.8 Å². The Bertz CT molecular complexity index is 387. The molecular formula is C14H27NO2S. The van der Waals surface area contributed by atoms with E-state index in [2.05, 4.69) is 25.2 Å². The van der Waals surface area contributed by atoms with Gasteiger partial charge in [-0.3, -0.25) is 0 Å². The molecule has 0 spiro atoms. The first kappa shape index (κ1) is 15.7. The summed E-state index contributed by atoms with van der Waals surface area (Å²) >= 11 is 0. The lowest BCUT2D eigenvalue weighted by atomic mass is 9.80. The molecule has 0 heterocycles. The third kappa shape index (κ3) is 4.73. The van der Waals surface area contributed by atoms with Gasteiger partial charge in [0.25, 0.3) is 0 Å². The molecule has 1 rings (SSSR count). The molecule has 0 radical (unpaired) electrons. The summed E-state index contributed by atoms with van der Waals surface area (Å²) in [5.41, 5.74) is 1.45. The van der Waals surface area contributed by atoms with Crippen LogP contribution in [0.3, 0.4) is 0 Å². The molecule has 1 aliphatic carbocycles. The van der Waals surface area contributed by atoms with E-state index < -0.39 is 9.84 Å². The Labute approximate surface area is 112 Å². The fourth-order valence-corrected chi connectivity index (χ4v) is 3.74. The van der Waals surface area contributed by atoms with Crippen LogP contribution in [-0.4, -0.2) is 32.5 Å². The van der Waals surface area contributed by atoms with Gasteiger partial charge in [0.15, 0.2) is 9.84 Å². The van der Waals surface area contributed by atoms with Crippen LogP contribution in [0.15, 0.2) is 11.6 Å². The van der Waals surface area contributed by atoms with E-state index in [1.807, 2.05) is 6.92 Å². The van der Waals surface area contributed by atoms with E-state index in [-0.39, 0.29) is 17.5 Å². The predicted molar refractivity (Wildman–Crippen MR) is 77.4 cm³/mol. The first-order valence-electron chi connectivity index (χ1n) is 6.96. The number of sulfone groups is 1. The smallest absolute Gasteiger partial charge is 0.151 e. The summed E-state index contributed by atoms with van der Waals surface area (Å²) in [6.45, 7) is 9.04. The van der Waals surface area contributed by atoms with Crippen molar-refractivity contribution in [2.75, 3.05) is 18.1 Å². The zero-order valence-corrected chi connectivity index (χ0v) is 12.9. The Morgan fingerprint density at radius 3 is 2.72 bits per heavy atom. The van der Waals surface area contributed by atoms with E-state index in [1.54, 1.807) is 6.92 Å². The lowest BCUT2D eigenvalue weighted by Crippen LogP contribution is -2.39. The molecule has 0 bridgehead atoms.